The van der Waals surface area contributed by atoms with Crippen LogP contribution < -0.4 is 14.8 Å². The molecule has 0 bridgehead atoms. The Labute approximate surface area is 144 Å². The summed E-state index contributed by atoms with van der Waals surface area (Å²) in [6, 6.07) is 16.5. The van der Waals surface area contributed by atoms with Crippen molar-refractivity contribution in [3.63, 3.8) is 0 Å². The molecule has 0 radical (unpaired) electrons. The molecule has 0 amide bonds. The number of hydrogen-bond acceptors (Lipinski definition) is 4. The summed E-state index contributed by atoms with van der Waals surface area (Å²) >= 11 is 0. The van der Waals surface area contributed by atoms with E-state index in [0.717, 1.165) is 44.2 Å². The maximum atomic E-state index is 5.75. The smallest absolute Gasteiger partial charge is 0.122 e. The van der Waals surface area contributed by atoms with Gasteiger partial charge in [-0.2, -0.15) is 0 Å². The first-order chi connectivity index (χ1) is 11.8. The normalized spacial score (nSPS) is 15.2. The summed E-state index contributed by atoms with van der Waals surface area (Å²) < 4.78 is 11.4. The summed E-state index contributed by atoms with van der Waals surface area (Å²) in [6.45, 7) is 8.58. The molecule has 128 valence electrons. The van der Waals surface area contributed by atoms with Gasteiger partial charge in [0.1, 0.15) is 24.7 Å². The molecule has 3 rings (SSSR count). The van der Waals surface area contributed by atoms with Crippen LogP contribution in [0.4, 0.5) is 0 Å². The van der Waals surface area contributed by atoms with Gasteiger partial charge in [-0.25, -0.2) is 0 Å². The average Bonchev–Trinajstić information content (AvgIpc) is 2.62. The van der Waals surface area contributed by atoms with Gasteiger partial charge in [0, 0.05) is 32.7 Å². The minimum atomic E-state index is 0.547. The van der Waals surface area contributed by atoms with Crippen molar-refractivity contribution in [2.75, 3.05) is 39.4 Å². The number of aryl methyl sites for hydroxylation is 1. The minimum Gasteiger partial charge on any atom is -0.490 e. The van der Waals surface area contributed by atoms with E-state index in [1.807, 2.05) is 36.4 Å². The van der Waals surface area contributed by atoms with Gasteiger partial charge < -0.3 is 14.8 Å². The van der Waals surface area contributed by atoms with Crippen LogP contribution >= 0.6 is 0 Å². The zero-order valence-electron chi connectivity index (χ0n) is 14.3. The number of piperazine rings is 1. The summed E-state index contributed by atoms with van der Waals surface area (Å²) in [6.07, 6.45) is 0. The molecule has 1 aliphatic heterocycles. The van der Waals surface area contributed by atoms with Gasteiger partial charge in [-0.15, -0.1) is 0 Å². The van der Waals surface area contributed by atoms with Crippen LogP contribution in [0.2, 0.25) is 0 Å². The second-order valence-corrected chi connectivity index (χ2v) is 6.18. The van der Waals surface area contributed by atoms with Crippen LogP contribution in [0.1, 0.15) is 11.1 Å². The highest BCUT2D eigenvalue weighted by Gasteiger charge is 2.09. The van der Waals surface area contributed by atoms with Gasteiger partial charge in [-0.05, 0) is 36.8 Å². The second-order valence-electron chi connectivity index (χ2n) is 6.18. The minimum absolute atomic E-state index is 0.547. The molecule has 1 fully saturated rings. The van der Waals surface area contributed by atoms with Crippen molar-refractivity contribution in [2.45, 2.75) is 13.5 Å². The number of rotatable bonds is 7. The van der Waals surface area contributed by atoms with Crippen LogP contribution in [0.3, 0.4) is 0 Å². The molecule has 1 saturated heterocycles. The van der Waals surface area contributed by atoms with Gasteiger partial charge in [0.05, 0.1) is 0 Å². The van der Waals surface area contributed by atoms with E-state index in [4.69, 9.17) is 9.47 Å². The summed E-state index contributed by atoms with van der Waals surface area (Å²) in [5.41, 5.74) is 2.57. The molecule has 0 spiro atoms. The number of benzene rings is 2. The molecular formula is C20H26N2O2. The average molecular weight is 326 g/mol. The van der Waals surface area contributed by atoms with E-state index >= 15 is 0 Å². The number of nitrogens with one attached hydrogen (secondary N) is 1. The molecule has 4 nitrogen and oxygen atoms in total. The van der Waals surface area contributed by atoms with Gasteiger partial charge in [0.15, 0.2) is 0 Å². The summed E-state index contributed by atoms with van der Waals surface area (Å²) in [7, 11) is 0. The molecule has 24 heavy (non-hydrogen) atoms. The lowest BCUT2D eigenvalue weighted by molar-refractivity contribution is 0.216. The summed E-state index contributed by atoms with van der Waals surface area (Å²) in [4.78, 5) is 2.47. The van der Waals surface area contributed by atoms with E-state index in [-0.39, 0.29) is 0 Å². The molecule has 0 saturated carbocycles. The Morgan fingerprint density at radius 2 is 1.38 bits per heavy atom. The summed E-state index contributed by atoms with van der Waals surface area (Å²) in [5, 5.41) is 3.38. The standard InChI is InChI=1S/C20H26N2O2/c1-17-2-6-19(7-3-17)23-14-15-24-20-8-4-18(5-9-20)16-22-12-10-21-11-13-22/h2-9,21H,10-16H2,1H3. The lowest BCUT2D eigenvalue weighted by Crippen LogP contribution is -2.42. The molecule has 1 aliphatic rings. The van der Waals surface area contributed by atoms with Crippen LogP contribution in [-0.2, 0) is 6.54 Å². The fraction of sp³-hybridized carbons (Fsp3) is 0.400. The molecular weight excluding hydrogens is 300 g/mol. The van der Waals surface area contributed by atoms with E-state index in [0.29, 0.717) is 13.2 Å². The molecule has 1 heterocycles. The molecule has 4 heteroatoms. The van der Waals surface area contributed by atoms with Crippen molar-refractivity contribution in [1.29, 1.82) is 0 Å². The lowest BCUT2D eigenvalue weighted by atomic mass is 10.2. The van der Waals surface area contributed by atoms with Gasteiger partial charge in [-0.1, -0.05) is 29.8 Å². The Bertz CT molecular complexity index is 605. The fourth-order valence-corrected chi connectivity index (χ4v) is 2.77. The highest BCUT2D eigenvalue weighted by atomic mass is 16.5. The Kier molecular flexibility index (Phi) is 6.10. The molecule has 0 atom stereocenters. The van der Waals surface area contributed by atoms with Gasteiger partial charge >= 0.3 is 0 Å². The molecule has 0 unspecified atom stereocenters. The second kappa shape index (κ2) is 8.71. The van der Waals surface area contributed by atoms with E-state index < -0.39 is 0 Å². The van der Waals surface area contributed by atoms with Crippen molar-refractivity contribution in [3.05, 3.63) is 59.7 Å². The number of nitrogens with zero attached hydrogens (tertiary/aromatic N) is 1. The predicted molar refractivity (Wildman–Crippen MR) is 96.8 cm³/mol. The largest absolute Gasteiger partial charge is 0.490 e. The number of ether oxygens (including phenoxy) is 2. The van der Waals surface area contributed by atoms with Crippen LogP contribution in [0.5, 0.6) is 11.5 Å². The van der Waals surface area contributed by atoms with Crippen molar-refractivity contribution in [2.24, 2.45) is 0 Å². The fourth-order valence-electron chi connectivity index (χ4n) is 2.77. The van der Waals surface area contributed by atoms with Crippen LogP contribution in [0.25, 0.3) is 0 Å². The first-order valence-corrected chi connectivity index (χ1v) is 8.64. The first kappa shape index (κ1) is 16.8. The van der Waals surface area contributed by atoms with Crippen molar-refractivity contribution in [3.8, 4) is 11.5 Å². The number of hydrogen-bond donors (Lipinski definition) is 1. The third kappa shape index (κ3) is 5.25. The van der Waals surface area contributed by atoms with Gasteiger partial charge in [-0.3, -0.25) is 4.90 Å². The monoisotopic (exact) mass is 326 g/mol. The molecule has 0 aliphatic carbocycles. The molecule has 2 aromatic carbocycles. The van der Waals surface area contributed by atoms with Gasteiger partial charge in [0.2, 0.25) is 0 Å². The lowest BCUT2D eigenvalue weighted by Gasteiger charge is -2.27. The predicted octanol–water partition coefficient (Wildman–Crippen LogP) is 2.86. The SMILES string of the molecule is Cc1ccc(OCCOc2ccc(CN3CCNCC3)cc2)cc1. The van der Waals surface area contributed by atoms with Crippen LogP contribution in [0, 0.1) is 6.92 Å². The topological polar surface area (TPSA) is 33.7 Å². The molecule has 2 aromatic rings. The van der Waals surface area contributed by atoms with E-state index in [1.165, 1.54) is 11.1 Å². The van der Waals surface area contributed by atoms with Crippen molar-refractivity contribution >= 4 is 0 Å². The van der Waals surface area contributed by atoms with Crippen LogP contribution in [-0.4, -0.2) is 44.3 Å². The molecule has 0 aromatic heterocycles. The quantitative estimate of drug-likeness (QED) is 0.793. The molecule has 1 N–H and O–H groups in total. The Morgan fingerprint density at radius 3 is 1.96 bits per heavy atom. The maximum Gasteiger partial charge on any atom is 0.122 e. The van der Waals surface area contributed by atoms with E-state index in [1.54, 1.807) is 0 Å². The Morgan fingerprint density at radius 1 is 0.833 bits per heavy atom. The van der Waals surface area contributed by atoms with E-state index in [9.17, 15) is 0 Å². The van der Waals surface area contributed by atoms with E-state index in [2.05, 4.69) is 29.3 Å². The maximum absolute atomic E-state index is 5.75. The van der Waals surface area contributed by atoms with Crippen LogP contribution in [0.15, 0.2) is 48.5 Å². The summed E-state index contributed by atoms with van der Waals surface area (Å²) in [5.74, 6) is 1.78. The van der Waals surface area contributed by atoms with Crippen molar-refractivity contribution in [1.82, 2.24) is 10.2 Å². The highest BCUT2D eigenvalue weighted by molar-refractivity contribution is 5.28. The van der Waals surface area contributed by atoms with Crippen molar-refractivity contribution < 1.29 is 9.47 Å². The third-order valence-electron chi connectivity index (χ3n) is 4.18. The van der Waals surface area contributed by atoms with Gasteiger partial charge in [0.25, 0.3) is 0 Å². The highest BCUT2D eigenvalue weighted by Crippen LogP contribution is 2.15. The Balaban J connectivity index is 1.38. The zero-order chi connectivity index (χ0) is 16.6. The third-order valence-corrected chi connectivity index (χ3v) is 4.18. The first-order valence-electron chi connectivity index (χ1n) is 8.64. The Hall–Kier alpha value is -2.04. The zero-order valence-corrected chi connectivity index (χ0v) is 14.3.